The Kier molecular flexibility index (Phi) is 11.9. The molecule has 0 unspecified atom stereocenters. The highest BCUT2D eigenvalue weighted by Gasteiger charge is 2.36. The van der Waals surface area contributed by atoms with Gasteiger partial charge in [-0.15, -0.1) is 0 Å². The van der Waals surface area contributed by atoms with Crippen LogP contribution in [-0.4, -0.2) is 23.3 Å². The summed E-state index contributed by atoms with van der Waals surface area (Å²) >= 11 is 0. The van der Waals surface area contributed by atoms with Crippen LogP contribution in [0.5, 0.6) is 0 Å². The van der Waals surface area contributed by atoms with Crippen LogP contribution in [0.1, 0.15) is 96.8 Å². The Morgan fingerprint density at radius 1 is 0.870 bits per heavy atom. The Labute approximate surface area is 142 Å². The predicted octanol–water partition coefficient (Wildman–Crippen LogP) is 5.88. The number of carbonyl (C=O) groups is 1. The van der Waals surface area contributed by atoms with E-state index in [1.54, 1.807) is 0 Å². The largest absolute Gasteiger partial charge is 0.481 e. The molecule has 134 valence electrons. The van der Waals surface area contributed by atoms with E-state index in [4.69, 9.17) is 9.84 Å². The highest BCUT2D eigenvalue weighted by molar-refractivity contribution is 5.66. The van der Waals surface area contributed by atoms with Gasteiger partial charge in [0, 0.05) is 6.42 Å². The van der Waals surface area contributed by atoms with Crippen LogP contribution in [0.4, 0.5) is 0 Å². The number of rotatable bonds is 16. The van der Waals surface area contributed by atoms with Crippen LogP contribution >= 0.6 is 0 Å². The van der Waals surface area contributed by atoms with Crippen molar-refractivity contribution in [3.63, 3.8) is 0 Å². The maximum absolute atomic E-state index is 10.4. The number of hydrogen-bond acceptors (Lipinski definition) is 2. The third-order valence-corrected chi connectivity index (χ3v) is 4.57. The molecular weight excluding hydrogens is 288 g/mol. The van der Waals surface area contributed by atoms with Gasteiger partial charge < -0.3 is 9.84 Å². The lowest BCUT2D eigenvalue weighted by Gasteiger charge is -1.99. The molecule has 1 saturated heterocycles. The molecule has 1 heterocycles. The van der Waals surface area contributed by atoms with Crippen LogP contribution in [0.2, 0.25) is 0 Å². The number of carboxylic acid groups (broad SMARTS) is 1. The summed E-state index contributed by atoms with van der Waals surface area (Å²) in [5.74, 6) is -0.692. The first-order valence-electron chi connectivity index (χ1n) is 9.76. The first-order valence-corrected chi connectivity index (χ1v) is 9.76. The standard InChI is InChI=1S/C20H36O3/c1-2-3-12-15-18-19(23-18)16-13-10-8-6-4-5-7-9-11-14-17-20(21)22/h7,9,18-19H,2-6,8,10-17H2,1H3,(H,21,22)/t18-,19+/m1/s1. The summed E-state index contributed by atoms with van der Waals surface area (Å²) in [5, 5.41) is 8.53. The maximum Gasteiger partial charge on any atom is 0.303 e. The Morgan fingerprint density at radius 2 is 1.43 bits per heavy atom. The fourth-order valence-electron chi connectivity index (χ4n) is 3.03. The van der Waals surface area contributed by atoms with Crippen LogP contribution < -0.4 is 0 Å². The van der Waals surface area contributed by atoms with Crippen molar-refractivity contribution < 1.29 is 14.6 Å². The van der Waals surface area contributed by atoms with Crippen molar-refractivity contribution in [2.45, 2.75) is 109 Å². The molecule has 1 rings (SSSR count). The van der Waals surface area contributed by atoms with E-state index < -0.39 is 5.97 Å². The van der Waals surface area contributed by atoms with Crippen molar-refractivity contribution >= 4 is 5.97 Å². The zero-order chi connectivity index (χ0) is 16.8. The number of carboxylic acids is 1. The Bertz CT molecular complexity index is 325. The Balaban J connectivity index is 1.75. The third-order valence-electron chi connectivity index (χ3n) is 4.57. The molecule has 2 atom stereocenters. The molecule has 23 heavy (non-hydrogen) atoms. The molecule has 1 aliphatic heterocycles. The number of epoxide rings is 1. The van der Waals surface area contributed by atoms with Gasteiger partial charge in [-0.2, -0.15) is 0 Å². The summed E-state index contributed by atoms with van der Waals surface area (Å²) in [5.41, 5.74) is 0. The number of allylic oxidation sites excluding steroid dienone is 2. The fourth-order valence-corrected chi connectivity index (χ4v) is 3.03. The summed E-state index contributed by atoms with van der Waals surface area (Å²) in [6, 6.07) is 0. The van der Waals surface area contributed by atoms with Crippen LogP contribution in [0.15, 0.2) is 12.2 Å². The van der Waals surface area contributed by atoms with Crippen molar-refractivity contribution in [1.82, 2.24) is 0 Å². The number of unbranched alkanes of at least 4 members (excludes halogenated alkanes) is 8. The lowest BCUT2D eigenvalue weighted by Crippen LogP contribution is -1.94. The molecule has 0 radical (unpaired) electrons. The highest BCUT2D eigenvalue weighted by atomic mass is 16.6. The minimum atomic E-state index is -0.692. The second-order valence-corrected chi connectivity index (χ2v) is 6.81. The van der Waals surface area contributed by atoms with E-state index in [0.29, 0.717) is 12.2 Å². The molecule has 0 aromatic rings. The van der Waals surface area contributed by atoms with Crippen LogP contribution in [0, 0.1) is 0 Å². The van der Waals surface area contributed by atoms with Gasteiger partial charge in [0.1, 0.15) is 0 Å². The van der Waals surface area contributed by atoms with Gasteiger partial charge in [0.2, 0.25) is 0 Å². The molecule has 1 N–H and O–H groups in total. The van der Waals surface area contributed by atoms with Crippen molar-refractivity contribution in [1.29, 1.82) is 0 Å². The van der Waals surface area contributed by atoms with Crippen LogP contribution in [0.3, 0.4) is 0 Å². The smallest absolute Gasteiger partial charge is 0.303 e. The van der Waals surface area contributed by atoms with E-state index >= 15 is 0 Å². The van der Waals surface area contributed by atoms with Crippen molar-refractivity contribution in [2.75, 3.05) is 0 Å². The lowest BCUT2D eigenvalue weighted by molar-refractivity contribution is -0.137. The van der Waals surface area contributed by atoms with Gasteiger partial charge in [0.05, 0.1) is 12.2 Å². The van der Waals surface area contributed by atoms with Crippen LogP contribution in [-0.2, 0) is 9.53 Å². The minimum absolute atomic E-state index is 0.286. The number of aliphatic carboxylic acids is 1. The minimum Gasteiger partial charge on any atom is -0.481 e. The van der Waals surface area contributed by atoms with E-state index in [0.717, 1.165) is 19.3 Å². The van der Waals surface area contributed by atoms with Gasteiger partial charge in [-0.05, 0) is 38.5 Å². The van der Waals surface area contributed by atoms with Gasteiger partial charge in [0.25, 0.3) is 0 Å². The summed E-state index contributed by atoms with van der Waals surface area (Å²) in [6.07, 6.45) is 21.7. The van der Waals surface area contributed by atoms with Crippen LogP contribution in [0.25, 0.3) is 0 Å². The molecule has 0 bridgehead atoms. The third kappa shape index (κ3) is 12.3. The summed E-state index contributed by atoms with van der Waals surface area (Å²) in [4.78, 5) is 10.4. The molecule has 0 aromatic heterocycles. The Hall–Kier alpha value is -0.830. The molecule has 1 fully saturated rings. The normalized spacial score (nSPS) is 20.2. The van der Waals surface area contributed by atoms with Gasteiger partial charge >= 0.3 is 5.97 Å². The molecule has 0 aliphatic carbocycles. The Morgan fingerprint density at radius 3 is 2.09 bits per heavy atom. The lowest BCUT2D eigenvalue weighted by atomic mass is 10.0. The summed E-state index contributed by atoms with van der Waals surface area (Å²) in [7, 11) is 0. The molecular formula is C20H36O3. The average Bonchev–Trinajstić information content (AvgIpc) is 3.27. The zero-order valence-electron chi connectivity index (χ0n) is 15.0. The molecule has 3 nitrogen and oxygen atoms in total. The predicted molar refractivity (Wildman–Crippen MR) is 95.7 cm³/mol. The highest BCUT2D eigenvalue weighted by Crippen LogP contribution is 2.31. The van der Waals surface area contributed by atoms with Gasteiger partial charge in [-0.3, -0.25) is 4.79 Å². The number of hydrogen-bond donors (Lipinski definition) is 1. The van der Waals surface area contributed by atoms with Crippen molar-refractivity contribution in [3.8, 4) is 0 Å². The van der Waals surface area contributed by atoms with Crippen molar-refractivity contribution in [3.05, 3.63) is 12.2 Å². The topological polar surface area (TPSA) is 49.8 Å². The monoisotopic (exact) mass is 324 g/mol. The molecule has 0 spiro atoms. The first kappa shape index (κ1) is 20.2. The zero-order valence-corrected chi connectivity index (χ0v) is 15.0. The van der Waals surface area contributed by atoms with E-state index in [1.165, 1.54) is 64.2 Å². The summed E-state index contributed by atoms with van der Waals surface area (Å²) < 4.78 is 5.72. The van der Waals surface area contributed by atoms with Gasteiger partial charge in [-0.25, -0.2) is 0 Å². The second kappa shape index (κ2) is 13.6. The van der Waals surface area contributed by atoms with E-state index in [-0.39, 0.29) is 6.42 Å². The van der Waals surface area contributed by atoms with E-state index in [1.807, 2.05) is 0 Å². The molecule has 1 aliphatic rings. The van der Waals surface area contributed by atoms with Gasteiger partial charge in [-0.1, -0.05) is 64.0 Å². The van der Waals surface area contributed by atoms with Gasteiger partial charge in [0.15, 0.2) is 0 Å². The molecule has 0 amide bonds. The summed E-state index contributed by atoms with van der Waals surface area (Å²) in [6.45, 7) is 2.25. The average molecular weight is 325 g/mol. The number of ether oxygens (including phenoxy) is 1. The second-order valence-electron chi connectivity index (χ2n) is 6.81. The first-order chi connectivity index (χ1) is 11.2. The SMILES string of the molecule is CCCCC[C@H]1O[C@H]1CCCCCCCC=CCCCC(=O)O. The van der Waals surface area contributed by atoms with E-state index in [2.05, 4.69) is 19.1 Å². The van der Waals surface area contributed by atoms with Crippen molar-refractivity contribution in [2.24, 2.45) is 0 Å². The van der Waals surface area contributed by atoms with E-state index in [9.17, 15) is 4.79 Å². The molecule has 0 aromatic carbocycles. The quantitative estimate of drug-likeness (QED) is 0.219. The fraction of sp³-hybridized carbons (Fsp3) is 0.850. The molecule has 3 heteroatoms. The molecule has 0 saturated carbocycles. The maximum atomic E-state index is 10.4.